The first-order valence-electron chi connectivity index (χ1n) is 9.54. The lowest BCUT2D eigenvalue weighted by Crippen LogP contribution is -2.29. The van der Waals surface area contributed by atoms with Crippen LogP contribution in [0.4, 0.5) is 10.1 Å². The quantitative estimate of drug-likeness (QED) is 0.216. The first-order chi connectivity index (χ1) is 15.4. The number of nitro groups is 1. The van der Waals surface area contributed by atoms with Crippen LogP contribution in [0, 0.1) is 15.9 Å². The summed E-state index contributed by atoms with van der Waals surface area (Å²) in [7, 11) is 0. The van der Waals surface area contributed by atoms with Gasteiger partial charge in [-0.3, -0.25) is 24.7 Å². The summed E-state index contributed by atoms with van der Waals surface area (Å²) in [5.74, 6) is -2.72. The van der Waals surface area contributed by atoms with Crippen LogP contribution in [-0.2, 0) is 16.1 Å². The highest BCUT2D eigenvalue weighted by Crippen LogP contribution is 2.40. The molecule has 8 nitrogen and oxygen atoms in total. The fraction of sp³-hybridized carbons (Fsp3) is 0.0870. The highest BCUT2D eigenvalue weighted by atomic mass is 19.1. The Morgan fingerprint density at radius 2 is 1.78 bits per heavy atom. The second-order valence-corrected chi connectivity index (χ2v) is 7.14. The topological polar surface area (TPSA) is 114 Å². The maximum absolute atomic E-state index is 13.3. The first kappa shape index (κ1) is 20.9. The maximum atomic E-state index is 13.3. The average molecular weight is 433 g/mol. The molecule has 0 radical (unpaired) electrons. The number of halogens is 1. The molecule has 2 aromatic carbocycles. The molecule has 3 aromatic rings. The first-order valence-corrected chi connectivity index (χ1v) is 9.54. The maximum Gasteiger partial charge on any atom is 0.295 e. The van der Waals surface area contributed by atoms with Gasteiger partial charge in [0, 0.05) is 36.6 Å². The normalized spacial score (nSPS) is 17.5. The van der Waals surface area contributed by atoms with Gasteiger partial charge < -0.3 is 10.0 Å². The van der Waals surface area contributed by atoms with Crippen molar-refractivity contribution in [2.45, 2.75) is 12.6 Å². The highest BCUT2D eigenvalue weighted by molar-refractivity contribution is 6.46. The third-order valence-electron chi connectivity index (χ3n) is 5.15. The van der Waals surface area contributed by atoms with E-state index in [1.54, 1.807) is 24.5 Å². The molecular formula is C23H16FN3O5. The van der Waals surface area contributed by atoms with Gasteiger partial charge in [0.15, 0.2) is 0 Å². The van der Waals surface area contributed by atoms with E-state index < -0.39 is 34.2 Å². The number of benzene rings is 2. The van der Waals surface area contributed by atoms with Gasteiger partial charge in [-0.1, -0.05) is 6.07 Å². The SMILES string of the molecule is O=C1C(=O)N(Cc2cccnc2)C(c2ccc([N+](=O)[O-])cc2)/C1=C(/O)c1ccc(F)cc1. The summed E-state index contributed by atoms with van der Waals surface area (Å²) >= 11 is 0. The summed E-state index contributed by atoms with van der Waals surface area (Å²) in [6.07, 6.45) is 3.12. The number of amides is 1. The Balaban J connectivity index is 1.85. The van der Waals surface area contributed by atoms with Crippen molar-refractivity contribution < 1.29 is 24.0 Å². The molecule has 32 heavy (non-hydrogen) atoms. The van der Waals surface area contributed by atoms with Crippen molar-refractivity contribution in [1.29, 1.82) is 0 Å². The molecule has 9 heteroatoms. The zero-order chi connectivity index (χ0) is 22.8. The highest BCUT2D eigenvalue weighted by Gasteiger charge is 2.46. The van der Waals surface area contributed by atoms with Gasteiger partial charge in [-0.2, -0.15) is 0 Å². The van der Waals surface area contributed by atoms with E-state index in [0.29, 0.717) is 11.1 Å². The average Bonchev–Trinajstić information content (AvgIpc) is 3.05. The zero-order valence-corrected chi connectivity index (χ0v) is 16.5. The molecular weight excluding hydrogens is 417 g/mol. The fourth-order valence-electron chi connectivity index (χ4n) is 3.62. The summed E-state index contributed by atoms with van der Waals surface area (Å²) < 4.78 is 13.3. The molecule has 1 atom stereocenters. The molecule has 1 saturated heterocycles. The van der Waals surface area contributed by atoms with Crippen LogP contribution in [0.15, 0.2) is 78.6 Å². The summed E-state index contributed by atoms with van der Waals surface area (Å²) in [6.45, 7) is 0.0280. The predicted octanol–water partition coefficient (Wildman–Crippen LogP) is 3.75. The molecule has 1 amide bonds. The smallest absolute Gasteiger partial charge is 0.295 e. The summed E-state index contributed by atoms with van der Waals surface area (Å²) in [5, 5.41) is 21.9. The summed E-state index contributed by atoms with van der Waals surface area (Å²) in [4.78, 5) is 41.6. The minimum Gasteiger partial charge on any atom is -0.507 e. The molecule has 4 rings (SSSR count). The Kier molecular flexibility index (Phi) is 5.46. The van der Waals surface area contributed by atoms with Crippen molar-refractivity contribution in [1.82, 2.24) is 9.88 Å². The van der Waals surface area contributed by atoms with Crippen LogP contribution in [0.3, 0.4) is 0 Å². The van der Waals surface area contributed by atoms with Gasteiger partial charge in [-0.15, -0.1) is 0 Å². The number of Topliss-reactive ketones (excluding diaryl/α,β-unsaturated/α-hetero) is 1. The standard InChI is InChI=1S/C23H16FN3O5/c24-17-7-3-16(4-8-17)21(28)19-20(15-5-9-18(10-6-15)27(31)32)26(23(30)22(19)29)13-14-2-1-11-25-12-14/h1-12,20,28H,13H2/b21-19-. The molecule has 0 bridgehead atoms. The van der Waals surface area contributed by atoms with Crippen LogP contribution in [0.5, 0.6) is 0 Å². The molecule has 0 spiro atoms. The van der Waals surface area contributed by atoms with E-state index in [-0.39, 0.29) is 23.4 Å². The number of aliphatic hydroxyl groups is 1. The Hall–Kier alpha value is -4.40. The minimum absolute atomic E-state index is 0.0280. The minimum atomic E-state index is -0.999. The number of carbonyl (C=O) groups excluding carboxylic acids is 2. The van der Waals surface area contributed by atoms with Crippen molar-refractivity contribution in [3.63, 3.8) is 0 Å². The van der Waals surface area contributed by atoms with Crippen LogP contribution in [0.1, 0.15) is 22.7 Å². The lowest BCUT2D eigenvalue weighted by Gasteiger charge is -2.25. The number of likely N-dealkylation sites (tertiary alicyclic amines) is 1. The second kappa shape index (κ2) is 8.38. The molecule has 1 unspecified atom stereocenters. The Morgan fingerprint density at radius 3 is 2.38 bits per heavy atom. The van der Waals surface area contributed by atoms with E-state index in [1.165, 1.54) is 41.3 Å². The zero-order valence-electron chi connectivity index (χ0n) is 16.5. The predicted molar refractivity (Wildman–Crippen MR) is 112 cm³/mol. The van der Waals surface area contributed by atoms with Crippen molar-refractivity contribution >= 4 is 23.1 Å². The molecule has 1 fully saturated rings. The number of hydrogen-bond donors (Lipinski definition) is 1. The van der Waals surface area contributed by atoms with Crippen LogP contribution >= 0.6 is 0 Å². The third-order valence-corrected chi connectivity index (χ3v) is 5.15. The van der Waals surface area contributed by atoms with Crippen LogP contribution in [-0.4, -0.2) is 31.6 Å². The fourth-order valence-corrected chi connectivity index (χ4v) is 3.62. The lowest BCUT2D eigenvalue weighted by molar-refractivity contribution is -0.384. The van der Waals surface area contributed by atoms with Crippen LogP contribution < -0.4 is 0 Å². The number of aliphatic hydroxyl groups excluding tert-OH is 1. The van der Waals surface area contributed by atoms with Gasteiger partial charge >= 0.3 is 0 Å². The van der Waals surface area contributed by atoms with Crippen molar-refractivity contribution in [2.75, 3.05) is 0 Å². The lowest BCUT2D eigenvalue weighted by atomic mass is 9.95. The Morgan fingerprint density at radius 1 is 1.09 bits per heavy atom. The summed E-state index contributed by atoms with van der Waals surface area (Å²) in [6, 6.07) is 12.7. The van der Waals surface area contributed by atoms with Crippen LogP contribution in [0.2, 0.25) is 0 Å². The molecule has 1 aromatic heterocycles. The molecule has 1 aliphatic heterocycles. The number of aromatic nitrogens is 1. The van der Waals surface area contributed by atoms with E-state index in [1.807, 2.05) is 0 Å². The van der Waals surface area contributed by atoms with Gasteiger partial charge in [-0.25, -0.2) is 4.39 Å². The molecule has 0 aliphatic carbocycles. The number of ketones is 1. The molecule has 2 heterocycles. The van der Waals surface area contributed by atoms with Gasteiger partial charge in [0.25, 0.3) is 17.4 Å². The number of non-ortho nitro benzene ring substituents is 1. The third kappa shape index (κ3) is 3.83. The van der Waals surface area contributed by atoms with Gasteiger partial charge in [0.2, 0.25) is 0 Å². The summed E-state index contributed by atoms with van der Waals surface area (Å²) in [5.41, 5.74) is 0.888. The number of nitro benzene ring substituents is 1. The van der Waals surface area contributed by atoms with Crippen molar-refractivity contribution in [3.8, 4) is 0 Å². The van der Waals surface area contributed by atoms with E-state index >= 15 is 0 Å². The van der Waals surface area contributed by atoms with Crippen molar-refractivity contribution in [3.05, 3.63) is 111 Å². The monoisotopic (exact) mass is 433 g/mol. The van der Waals surface area contributed by atoms with E-state index in [4.69, 9.17) is 0 Å². The number of rotatable bonds is 5. The Labute approximate surface area is 181 Å². The van der Waals surface area contributed by atoms with E-state index in [2.05, 4.69) is 4.98 Å². The molecule has 1 aliphatic rings. The van der Waals surface area contributed by atoms with E-state index in [0.717, 1.165) is 12.1 Å². The van der Waals surface area contributed by atoms with Crippen molar-refractivity contribution in [2.24, 2.45) is 0 Å². The number of hydrogen-bond acceptors (Lipinski definition) is 6. The molecule has 0 saturated carbocycles. The van der Waals surface area contributed by atoms with Gasteiger partial charge in [0.05, 0.1) is 16.5 Å². The number of pyridine rings is 1. The largest absolute Gasteiger partial charge is 0.507 e. The van der Waals surface area contributed by atoms with Gasteiger partial charge in [0.1, 0.15) is 11.6 Å². The second-order valence-electron chi connectivity index (χ2n) is 7.14. The number of carbonyl (C=O) groups is 2. The number of nitrogens with zero attached hydrogens (tertiary/aromatic N) is 3. The van der Waals surface area contributed by atoms with Gasteiger partial charge in [-0.05, 0) is 53.6 Å². The van der Waals surface area contributed by atoms with E-state index in [9.17, 15) is 29.2 Å². The van der Waals surface area contributed by atoms with Crippen LogP contribution in [0.25, 0.3) is 5.76 Å². The molecule has 160 valence electrons. The Bertz CT molecular complexity index is 1220. The molecule has 1 N–H and O–H groups in total.